The van der Waals surface area contributed by atoms with Crippen molar-refractivity contribution in [3.8, 4) is 0 Å². The van der Waals surface area contributed by atoms with E-state index in [1.807, 2.05) is 36.1 Å². The highest BCUT2D eigenvalue weighted by molar-refractivity contribution is 9.10. The first-order chi connectivity index (χ1) is 10.6. The molecular weight excluding hydrogens is 346 g/mol. The van der Waals surface area contributed by atoms with Crippen molar-refractivity contribution in [1.29, 1.82) is 0 Å². The van der Waals surface area contributed by atoms with Gasteiger partial charge in [0.15, 0.2) is 0 Å². The summed E-state index contributed by atoms with van der Waals surface area (Å²) < 4.78 is 1.02. The van der Waals surface area contributed by atoms with E-state index in [-0.39, 0.29) is 11.8 Å². The van der Waals surface area contributed by atoms with Crippen LogP contribution in [0.25, 0.3) is 0 Å². The maximum Gasteiger partial charge on any atom is 0.234 e. The van der Waals surface area contributed by atoms with Crippen LogP contribution in [0.1, 0.15) is 12.5 Å². The number of hydrogen-bond donors (Lipinski definition) is 1. The lowest BCUT2D eigenvalue weighted by Crippen LogP contribution is -2.51. The molecule has 1 fully saturated rings. The van der Waals surface area contributed by atoms with Gasteiger partial charge in [-0.2, -0.15) is 0 Å². The zero-order valence-corrected chi connectivity index (χ0v) is 14.4. The monoisotopic (exact) mass is 367 g/mol. The van der Waals surface area contributed by atoms with E-state index in [2.05, 4.69) is 26.1 Å². The summed E-state index contributed by atoms with van der Waals surface area (Å²) in [5.41, 5.74) is 1.03. The number of nitrogens with one attached hydrogen (secondary N) is 1. The molecule has 0 radical (unpaired) electrons. The normalized spacial score (nSPS) is 15.6. The Morgan fingerprint density at radius 3 is 2.36 bits per heavy atom. The number of carbonyl (C=O) groups is 2. The van der Waals surface area contributed by atoms with Gasteiger partial charge in [0.2, 0.25) is 11.8 Å². The number of likely N-dealkylation sites (N-methyl/N-ethyl adjacent to an activating group) is 1. The van der Waals surface area contributed by atoms with Crippen molar-refractivity contribution in [1.82, 2.24) is 15.1 Å². The van der Waals surface area contributed by atoms with E-state index >= 15 is 0 Å². The summed E-state index contributed by atoms with van der Waals surface area (Å²) in [5, 5.41) is 2.80. The zero-order valence-electron chi connectivity index (χ0n) is 12.8. The molecule has 0 aromatic heterocycles. The third-order valence-electron chi connectivity index (χ3n) is 3.73. The molecule has 0 spiro atoms. The Balaban J connectivity index is 1.77. The van der Waals surface area contributed by atoms with E-state index in [1.165, 1.54) is 0 Å². The Morgan fingerprint density at radius 1 is 1.14 bits per heavy atom. The van der Waals surface area contributed by atoms with Crippen LogP contribution in [0.3, 0.4) is 0 Å². The third-order valence-corrected chi connectivity index (χ3v) is 4.26. The first kappa shape index (κ1) is 17.0. The lowest BCUT2D eigenvalue weighted by Gasteiger charge is -2.34. The van der Waals surface area contributed by atoms with Crippen molar-refractivity contribution in [2.24, 2.45) is 0 Å². The van der Waals surface area contributed by atoms with E-state index in [0.717, 1.165) is 23.1 Å². The molecule has 1 aromatic carbocycles. The molecule has 0 saturated carbocycles. The number of halogens is 1. The molecule has 22 heavy (non-hydrogen) atoms. The van der Waals surface area contributed by atoms with Gasteiger partial charge in [-0.15, -0.1) is 0 Å². The van der Waals surface area contributed by atoms with Crippen LogP contribution in [0.15, 0.2) is 28.7 Å². The highest BCUT2D eigenvalue weighted by atomic mass is 79.9. The minimum absolute atomic E-state index is 0.0529. The summed E-state index contributed by atoms with van der Waals surface area (Å²) in [7, 11) is 0. The van der Waals surface area contributed by atoms with Gasteiger partial charge < -0.3 is 10.2 Å². The van der Waals surface area contributed by atoms with Crippen molar-refractivity contribution in [3.63, 3.8) is 0 Å². The lowest BCUT2D eigenvalue weighted by atomic mass is 10.1. The Hall–Kier alpha value is -1.40. The fourth-order valence-electron chi connectivity index (χ4n) is 2.50. The maximum absolute atomic E-state index is 12.3. The Morgan fingerprint density at radius 2 is 1.77 bits per heavy atom. The summed E-state index contributed by atoms with van der Waals surface area (Å²) in [4.78, 5) is 27.8. The van der Waals surface area contributed by atoms with Crippen LogP contribution in [0.2, 0.25) is 0 Å². The predicted molar refractivity (Wildman–Crippen MR) is 89.5 cm³/mol. The molecular formula is C16H22BrN3O2. The molecule has 1 N–H and O–H groups in total. The molecule has 2 rings (SSSR count). The Labute approximate surface area is 139 Å². The SMILES string of the molecule is CCNC(=O)CN1CCN(C(=O)Cc2ccc(Br)cc2)CC1. The highest BCUT2D eigenvalue weighted by Gasteiger charge is 2.22. The smallest absolute Gasteiger partial charge is 0.234 e. The quantitative estimate of drug-likeness (QED) is 0.852. The van der Waals surface area contributed by atoms with Crippen molar-refractivity contribution >= 4 is 27.7 Å². The van der Waals surface area contributed by atoms with Gasteiger partial charge in [-0.25, -0.2) is 0 Å². The van der Waals surface area contributed by atoms with Crippen LogP contribution in [-0.2, 0) is 16.0 Å². The number of hydrogen-bond acceptors (Lipinski definition) is 3. The van der Waals surface area contributed by atoms with Crippen molar-refractivity contribution < 1.29 is 9.59 Å². The fourth-order valence-corrected chi connectivity index (χ4v) is 2.76. The molecule has 1 aliphatic rings. The van der Waals surface area contributed by atoms with E-state index in [0.29, 0.717) is 32.6 Å². The summed E-state index contributed by atoms with van der Waals surface area (Å²) in [6.45, 7) is 5.87. The summed E-state index contributed by atoms with van der Waals surface area (Å²) in [5.74, 6) is 0.206. The van der Waals surface area contributed by atoms with Gasteiger partial charge in [0.05, 0.1) is 13.0 Å². The molecule has 2 amide bonds. The van der Waals surface area contributed by atoms with Gasteiger partial charge >= 0.3 is 0 Å². The van der Waals surface area contributed by atoms with E-state index in [4.69, 9.17) is 0 Å². The number of piperazine rings is 1. The number of nitrogens with zero attached hydrogens (tertiary/aromatic N) is 2. The molecule has 0 aliphatic carbocycles. The number of carbonyl (C=O) groups excluding carboxylic acids is 2. The van der Waals surface area contributed by atoms with Gasteiger partial charge in [-0.3, -0.25) is 14.5 Å². The molecule has 6 heteroatoms. The van der Waals surface area contributed by atoms with Gasteiger partial charge in [0.25, 0.3) is 0 Å². The van der Waals surface area contributed by atoms with Crippen LogP contribution in [0.5, 0.6) is 0 Å². The summed E-state index contributed by atoms with van der Waals surface area (Å²) in [6, 6.07) is 7.83. The standard InChI is InChI=1S/C16H22BrN3O2/c1-2-18-15(21)12-19-7-9-20(10-8-19)16(22)11-13-3-5-14(17)6-4-13/h3-6H,2,7-12H2,1H3,(H,18,21). The summed E-state index contributed by atoms with van der Waals surface area (Å²) in [6.07, 6.45) is 0.434. The van der Waals surface area contributed by atoms with Crippen molar-refractivity contribution in [2.45, 2.75) is 13.3 Å². The van der Waals surface area contributed by atoms with Crippen LogP contribution in [-0.4, -0.2) is 60.9 Å². The first-order valence-corrected chi connectivity index (χ1v) is 8.39. The average molecular weight is 368 g/mol. The molecule has 1 heterocycles. The molecule has 0 bridgehead atoms. The van der Waals surface area contributed by atoms with Gasteiger partial charge in [0.1, 0.15) is 0 Å². The van der Waals surface area contributed by atoms with E-state index in [1.54, 1.807) is 0 Å². The Kier molecular flexibility index (Phi) is 6.39. The molecule has 0 atom stereocenters. The molecule has 1 aromatic rings. The topological polar surface area (TPSA) is 52.7 Å². The molecule has 1 saturated heterocycles. The second kappa shape index (κ2) is 8.29. The number of amides is 2. The van der Waals surface area contributed by atoms with Crippen LogP contribution in [0.4, 0.5) is 0 Å². The minimum Gasteiger partial charge on any atom is -0.355 e. The van der Waals surface area contributed by atoms with Crippen LogP contribution < -0.4 is 5.32 Å². The molecule has 5 nitrogen and oxygen atoms in total. The Bertz CT molecular complexity index is 511. The predicted octanol–water partition coefficient (Wildman–Crippen LogP) is 1.27. The number of rotatable bonds is 5. The third kappa shape index (κ3) is 5.10. The first-order valence-electron chi connectivity index (χ1n) is 7.59. The van der Waals surface area contributed by atoms with E-state index < -0.39 is 0 Å². The largest absolute Gasteiger partial charge is 0.355 e. The van der Waals surface area contributed by atoms with Crippen molar-refractivity contribution in [3.05, 3.63) is 34.3 Å². The zero-order chi connectivity index (χ0) is 15.9. The van der Waals surface area contributed by atoms with E-state index in [9.17, 15) is 9.59 Å². The van der Waals surface area contributed by atoms with Crippen molar-refractivity contribution in [2.75, 3.05) is 39.3 Å². The molecule has 120 valence electrons. The van der Waals surface area contributed by atoms with Gasteiger partial charge in [0, 0.05) is 37.2 Å². The minimum atomic E-state index is 0.0529. The van der Waals surface area contributed by atoms with Crippen LogP contribution >= 0.6 is 15.9 Å². The van der Waals surface area contributed by atoms with Crippen LogP contribution in [0, 0.1) is 0 Å². The highest BCUT2D eigenvalue weighted by Crippen LogP contribution is 2.12. The number of benzene rings is 1. The second-order valence-corrected chi connectivity index (χ2v) is 6.33. The van der Waals surface area contributed by atoms with Gasteiger partial charge in [-0.05, 0) is 24.6 Å². The lowest BCUT2D eigenvalue weighted by molar-refractivity contribution is -0.132. The fraction of sp³-hybridized carbons (Fsp3) is 0.500. The summed E-state index contributed by atoms with van der Waals surface area (Å²) >= 11 is 3.39. The van der Waals surface area contributed by atoms with Gasteiger partial charge in [-0.1, -0.05) is 28.1 Å². The maximum atomic E-state index is 12.3. The second-order valence-electron chi connectivity index (χ2n) is 5.41. The average Bonchev–Trinajstić information content (AvgIpc) is 2.50. The molecule has 1 aliphatic heterocycles. The molecule has 0 unspecified atom stereocenters.